The van der Waals surface area contributed by atoms with Crippen LogP contribution in [-0.4, -0.2) is 15.6 Å². The average molecular weight is 206 g/mol. The van der Waals surface area contributed by atoms with E-state index < -0.39 is 0 Å². The Morgan fingerprint density at radius 1 is 1.47 bits per heavy atom. The third-order valence-electron chi connectivity index (χ3n) is 2.98. The van der Waals surface area contributed by atoms with Gasteiger partial charge in [-0.3, -0.25) is 9.48 Å². The lowest BCUT2D eigenvalue weighted by Crippen LogP contribution is -2.15. The van der Waals surface area contributed by atoms with Gasteiger partial charge >= 0.3 is 0 Å². The van der Waals surface area contributed by atoms with Crippen molar-refractivity contribution < 1.29 is 4.79 Å². The van der Waals surface area contributed by atoms with Crippen molar-refractivity contribution in [1.82, 2.24) is 9.78 Å². The molecule has 0 atom stereocenters. The van der Waals surface area contributed by atoms with Crippen LogP contribution in [0.25, 0.3) is 0 Å². The molecule has 2 rings (SSSR count). The molecular formula is C12H18N2O. The van der Waals surface area contributed by atoms with Gasteiger partial charge in [0.05, 0.1) is 5.69 Å². The van der Waals surface area contributed by atoms with Crippen molar-refractivity contribution in [3.05, 3.63) is 17.5 Å². The highest BCUT2D eigenvalue weighted by molar-refractivity contribution is 5.82. The van der Waals surface area contributed by atoms with E-state index in [4.69, 9.17) is 0 Å². The minimum absolute atomic E-state index is 0.337. The zero-order valence-electron chi connectivity index (χ0n) is 9.49. The predicted molar refractivity (Wildman–Crippen MR) is 58.7 cm³/mol. The summed E-state index contributed by atoms with van der Waals surface area (Å²) in [6.07, 6.45) is 4.06. The fourth-order valence-electron chi connectivity index (χ4n) is 1.79. The van der Waals surface area contributed by atoms with E-state index in [-0.39, 0.29) is 0 Å². The van der Waals surface area contributed by atoms with E-state index in [2.05, 4.69) is 25.0 Å². The number of nitrogens with zero attached hydrogens (tertiary/aromatic N) is 2. The van der Waals surface area contributed by atoms with E-state index in [1.165, 1.54) is 5.69 Å². The lowest BCUT2D eigenvalue weighted by atomic mass is 10.2. The molecule has 1 aromatic heterocycles. The number of carbonyl (C=O) groups excluding carboxylic acids is 1. The summed E-state index contributed by atoms with van der Waals surface area (Å²) < 4.78 is 1.89. The van der Waals surface area contributed by atoms with Crippen LogP contribution < -0.4 is 0 Å². The van der Waals surface area contributed by atoms with Gasteiger partial charge in [0, 0.05) is 11.6 Å². The van der Waals surface area contributed by atoms with E-state index in [1.54, 1.807) is 0 Å². The molecule has 1 fully saturated rings. The molecule has 3 heteroatoms. The Morgan fingerprint density at radius 3 is 2.73 bits per heavy atom. The maximum Gasteiger partial charge on any atom is 0.157 e. The molecule has 1 aliphatic carbocycles. The molecule has 0 spiro atoms. The van der Waals surface area contributed by atoms with Crippen molar-refractivity contribution in [2.45, 2.75) is 46.1 Å². The van der Waals surface area contributed by atoms with E-state index >= 15 is 0 Å². The Morgan fingerprint density at radius 2 is 2.20 bits per heavy atom. The zero-order valence-corrected chi connectivity index (χ0v) is 9.49. The molecule has 0 unspecified atom stereocenters. The third-order valence-corrected chi connectivity index (χ3v) is 2.98. The first-order chi connectivity index (χ1) is 7.24. The molecule has 0 radical (unpaired) electrons. The van der Waals surface area contributed by atoms with Gasteiger partial charge in [0.15, 0.2) is 5.78 Å². The summed E-state index contributed by atoms with van der Waals surface area (Å²) in [5.74, 6) is 0.694. The molecule has 3 nitrogen and oxygen atoms in total. The monoisotopic (exact) mass is 206 g/mol. The molecule has 82 valence electrons. The predicted octanol–water partition coefficient (Wildman–Crippen LogP) is 1.99. The maximum atomic E-state index is 11.7. The van der Waals surface area contributed by atoms with Crippen molar-refractivity contribution in [3.8, 4) is 0 Å². The topological polar surface area (TPSA) is 34.9 Å². The van der Waals surface area contributed by atoms with E-state index in [0.29, 0.717) is 18.2 Å². The van der Waals surface area contributed by atoms with Gasteiger partial charge in [0.1, 0.15) is 6.54 Å². The molecule has 1 aromatic rings. The second kappa shape index (κ2) is 4.17. The Hall–Kier alpha value is -1.12. The number of rotatable bonds is 5. The highest BCUT2D eigenvalue weighted by Gasteiger charge is 2.29. The quantitative estimate of drug-likeness (QED) is 0.738. The Balaban J connectivity index is 2.10. The van der Waals surface area contributed by atoms with Crippen LogP contribution in [0.2, 0.25) is 0 Å². The van der Waals surface area contributed by atoms with Crippen LogP contribution in [0.3, 0.4) is 0 Å². The first-order valence-corrected chi connectivity index (χ1v) is 5.82. The van der Waals surface area contributed by atoms with Gasteiger partial charge < -0.3 is 0 Å². The number of hydrogen-bond donors (Lipinski definition) is 0. The molecule has 1 saturated carbocycles. The molecule has 0 aliphatic heterocycles. The van der Waals surface area contributed by atoms with Gasteiger partial charge in [0.2, 0.25) is 0 Å². The average Bonchev–Trinajstić information content (AvgIpc) is 3.01. The molecule has 0 aromatic carbocycles. The van der Waals surface area contributed by atoms with Gasteiger partial charge in [-0.1, -0.05) is 13.8 Å². The number of aryl methyl sites for hydroxylation is 2. The third kappa shape index (κ3) is 2.28. The minimum Gasteiger partial charge on any atom is -0.297 e. The Kier molecular flexibility index (Phi) is 2.89. The number of Topliss-reactive ketones (excluding diaryl/α,β-unsaturated/α-hetero) is 1. The number of hydrogen-bond acceptors (Lipinski definition) is 2. The van der Waals surface area contributed by atoms with E-state index in [1.807, 2.05) is 4.68 Å². The van der Waals surface area contributed by atoms with Crippen LogP contribution in [0.15, 0.2) is 6.07 Å². The minimum atomic E-state index is 0.337. The smallest absolute Gasteiger partial charge is 0.157 e. The van der Waals surface area contributed by atoms with Gasteiger partial charge in [-0.25, -0.2) is 0 Å². The maximum absolute atomic E-state index is 11.7. The largest absolute Gasteiger partial charge is 0.297 e. The summed E-state index contributed by atoms with van der Waals surface area (Å²) in [5, 5.41) is 4.45. The highest BCUT2D eigenvalue weighted by Crippen LogP contribution is 2.30. The second-order valence-corrected chi connectivity index (χ2v) is 4.23. The first-order valence-electron chi connectivity index (χ1n) is 5.82. The molecule has 0 N–H and O–H groups in total. The molecule has 15 heavy (non-hydrogen) atoms. The summed E-state index contributed by atoms with van der Waals surface area (Å²) in [5.41, 5.74) is 2.27. The molecule has 0 saturated heterocycles. The summed E-state index contributed by atoms with van der Waals surface area (Å²) >= 11 is 0. The van der Waals surface area contributed by atoms with Gasteiger partial charge in [0.25, 0.3) is 0 Å². The second-order valence-electron chi connectivity index (χ2n) is 4.23. The fraction of sp³-hybridized carbons (Fsp3) is 0.667. The fourth-order valence-corrected chi connectivity index (χ4v) is 1.79. The van der Waals surface area contributed by atoms with Gasteiger partial charge in [-0.05, 0) is 31.7 Å². The molecule has 1 aliphatic rings. The Labute approximate surface area is 90.5 Å². The van der Waals surface area contributed by atoms with Crippen LogP contribution in [0, 0.1) is 5.92 Å². The van der Waals surface area contributed by atoms with Crippen LogP contribution in [0.1, 0.15) is 38.1 Å². The molecule has 1 heterocycles. The van der Waals surface area contributed by atoms with Crippen LogP contribution in [0.4, 0.5) is 0 Å². The molecule has 0 amide bonds. The van der Waals surface area contributed by atoms with Crippen molar-refractivity contribution in [3.63, 3.8) is 0 Å². The number of carbonyl (C=O) groups is 1. The molecule has 0 bridgehead atoms. The van der Waals surface area contributed by atoms with Crippen molar-refractivity contribution in [2.24, 2.45) is 5.92 Å². The Bertz CT molecular complexity index is 364. The highest BCUT2D eigenvalue weighted by atomic mass is 16.1. The zero-order chi connectivity index (χ0) is 10.8. The van der Waals surface area contributed by atoms with Crippen molar-refractivity contribution >= 4 is 5.78 Å². The lowest BCUT2D eigenvalue weighted by molar-refractivity contribution is -0.121. The standard InChI is InChI=1S/C12H18N2O/c1-3-10-7-11(4-2)14(13-10)8-12(15)9-5-6-9/h7,9H,3-6,8H2,1-2H3. The van der Waals surface area contributed by atoms with Crippen molar-refractivity contribution in [1.29, 1.82) is 0 Å². The summed E-state index contributed by atoms with van der Waals surface area (Å²) in [4.78, 5) is 11.7. The van der Waals surface area contributed by atoms with E-state index in [9.17, 15) is 4.79 Å². The van der Waals surface area contributed by atoms with Crippen LogP contribution >= 0.6 is 0 Å². The van der Waals surface area contributed by atoms with Crippen molar-refractivity contribution in [2.75, 3.05) is 0 Å². The summed E-state index contributed by atoms with van der Waals surface area (Å²) in [6.45, 7) is 4.68. The molecular weight excluding hydrogens is 188 g/mol. The summed E-state index contributed by atoms with van der Waals surface area (Å²) in [7, 11) is 0. The summed E-state index contributed by atoms with van der Waals surface area (Å²) in [6, 6.07) is 2.11. The van der Waals surface area contributed by atoms with E-state index in [0.717, 1.165) is 31.4 Å². The van der Waals surface area contributed by atoms with Gasteiger partial charge in [-0.15, -0.1) is 0 Å². The normalized spacial score (nSPS) is 15.6. The number of aromatic nitrogens is 2. The van der Waals surface area contributed by atoms with Crippen LogP contribution in [-0.2, 0) is 24.2 Å². The SMILES string of the molecule is CCc1cc(CC)n(CC(=O)C2CC2)n1. The lowest BCUT2D eigenvalue weighted by Gasteiger charge is -2.03. The van der Waals surface area contributed by atoms with Crippen LogP contribution in [0.5, 0.6) is 0 Å². The first kappa shape index (κ1) is 10.4. The van der Waals surface area contributed by atoms with Gasteiger partial charge in [-0.2, -0.15) is 5.10 Å². The number of ketones is 1.